The number of carbonyl (C=O) groups is 2. The molecule has 17 heavy (non-hydrogen) atoms. The van der Waals surface area contributed by atoms with Gasteiger partial charge in [0.25, 0.3) is 0 Å². The highest BCUT2D eigenvalue weighted by Crippen LogP contribution is 2.19. The van der Waals surface area contributed by atoms with E-state index in [0.717, 1.165) is 19.3 Å². The third kappa shape index (κ3) is 4.59. The van der Waals surface area contributed by atoms with E-state index in [2.05, 4.69) is 16.1 Å². The number of hydrogen-bond donors (Lipinski definition) is 1. The van der Waals surface area contributed by atoms with Crippen LogP contribution in [-0.4, -0.2) is 25.0 Å². The van der Waals surface area contributed by atoms with Crippen molar-refractivity contribution in [1.82, 2.24) is 5.32 Å². The van der Waals surface area contributed by atoms with E-state index in [0.29, 0.717) is 12.8 Å². The second kappa shape index (κ2) is 7.09. The van der Waals surface area contributed by atoms with E-state index < -0.39 is 6.04 Å². The Kier molecular flexibility index (Phi) is 5.73. The van der Waals surface area contributed by atoms with Gasteiger partial charge in [-0.25, -0.2) is 4.79 Å². The van der Waals surface area contributed by atoms with E-state index in [9.17, 15) is 9.59 Å². The number of hydrogen-bond acceptors (Lipinski definition) is 3. The third-order valence-corrected chi connectivity index (χ3v) is 3.00. The van der Waals surface area contributed by atoms with Gasteiger partial charge in [0.15, 0.2) is 0 Å². The van der Waals surface area contributed by atoms with Gasteiger partial charge in [-0.2, -0.15) is 0 Å². The maximum Gasteiger partial charge on any atom is 0.328 e. The molecule has 0 heterocycles. The fourth-order valence-corrected chi connectivity index (χ4v) is 1.99. The molecule has 0 aromatic rings. The maximum absolute atomic E-state index is 11.7. The molecule has 1 aliphatic rings. The van der Waals surface area contributed by atoms with E-state index >= 15 is 0 Å². The molecular formula is C13H21NO3. The van der Waals surface area contributed by atoms with Crippen molar-refractivity contribution in [3.05, 3.63) is 11.6 Å². The van der Waals surface area contributed by atoms with Gasteiger partial charge in [-0.05, 0) is 32.1 Å². The van der Waals surface area contributed by atoms with E-state index in [-0.39, 0.29) is 11.9 Å². The van der Waals surface area contributed by atoms with Crippen molar-refractivity contribution in [2.45, 2.75) is 51.5 Å². The molecule has 0 spiro atoms. The monoisotopic (exact) mass is 239 g/mol. The number of carbonyl (C=O) groups excluding carboxylic acids is 2. The van der Waals surface area contributed by atoms with Crippen LogP contribution in [0.2, 0.25) is 0 Å². The SMILES string of the molecule is CC[C@@H](NC(=O)CC1=CCCCC1)C(=O)OC. The average molecular weight is 239 g/mol. The lowest BCUT2D eigenvalue weighted by Gasteiger charge is -2.16. The number of nitrogens with one attached hydrogen (secondary N) is 1. The molecule has 0 aromatic heterocycles. The molecule has 1 rings (SSSR count). The molecular weight excluding hydrogens is 218 g/mol. The van der Waals surface area contributed by atoms with E-state index in [1.54, 1.807) is 0 Å². The van der Waals surface area contributed by atoms with Crippen molar-refractivity contribution in [2.75, 3.05) is 7.11 Å². The zero-order chi connectivity index (χ0) is 12.7. The van der Waals surface area contributed by atoms with Gasteiger partial charge >= 0.3 is 5.97 Å². The molecule has 4 heteroatoms. The van der Waals surface area contributed by atoms with Crippen LogP contribution in [-0.2, 0) is 14.3 Å². The molecule has 0 radical (unpaired) electrons. The summed E-state index contributed by atoms with van der Waals surface area (Å²) < 4.78 is 4.63. The van der Waals surface area contributed by atoms with Crippen LogP contribution in [0.15, 0.2) is 11.6 Å². The van der Waals surface area contributed by atoms with Crippen LogP contribution in [0, 0.1) is 0 Å². The van der Waals surface area contributed by atoms with Crippen molar-refractivity contribution >= 4 is 11.9 Å². The smallest absolute Gasteiger partial charge is 0.328 e. The number of rotatable bonds is 5. The zero-order valence-corrected chi connectivity index (χ0v) is 10.6. The number of amides is 1. The summed E-state index contributed by atoms with van der Waals surface area (Å²) in [6.45, 7) is 1.85. The number of methoxy groups -OCH3 is 1. The first kappa shape index (κ1) is 13.7. The minimum atomic E-state index is -0.517. The molecule has 0 fully saturated rings. The fraction of sp³-hybridized carbons (Fsp3) is 0.692. The Morgan fingerprint density at radius 3 is 2.76 bits per heavy atom. The van der Waals surface area contributed by atoms with Crippen molar-refractivity contribution in [3.63, 3.8) is 0 Å². The highest BCUT2D eigenvalue weighted by Gasteiger charge is 2.19. The second-order valence-electron chi connectivity index (χ2n) is 4.34. The molecule has 0 bridgehead atoms. The lowest BCUT2D eigenvalue weighted by molar-refractivity contribution is -0.145. The van der Waals surface area contributed by atoms with Gasteiger partial charge < -0.3 is 10.1 Å². The highest BCUT2D eigenvalue weighted by atomic mass is 16.5. The molecule has 0 unspecified atom stereocenters. The van der Waals surface area contributed by atoms with Crippen LogP contribution in [0.25, 0.3) is 0 Å². The summed E-state index contributed by atoms with van der Waals surface area (Å²) >= 11 is 0. The molecule has 1 aliphatic carbocycles. The molecule has 0 saturated heterocycles. The summed E-state index contributed by atoms with van der Waals surface area (Å²) in [7, 11) is 1.33. The van der Waals surface area contributed by atoms with Gasteiger partial charge in [-0.1, -0.05) is 18.6 Å². The number of esters is 1. The van der Waals surface area contributed by atoms with Gasteiger partial charge in [0, 0.05) is 6.42 Å². The normalized spacial score (nSPS) is 16.9. The maximum atomic E-state index is 11.7. The van der Waals surface area contributed by atoms with Crippen LogP contribution in [0.5, 0.6) is 0 Å². The summed E-state index contributed by atoms with van der Waals surface area (Å²) in [4.78, 5) is 23.1. The Morgan fingerprint density at radius 2 is 2.24 bits per heavy atom. The lowest BCUT2D eigenvalue weighted by Crippen LogP contribution is -2.41. The van der Waals surface area contributed by atoms with Gasteiger partial charge in [0.05, 0.1) is 7.11 Å². The average Bonchev–Trinajstić information content (AvgIpc) is 2.36. The molecule has 0 aliphatic heterocycles. The first-order valence-corrected chi connectivity index (χ1v) is 6.22. The topological polar surface area (TPSA) is 55.4 Å². The largest absolute Gasteiger partial charge is 0.467 e. The first-order chi connectivity index (χ1) is 8.17. The molecule has 96 valence electrons. The molecule has 1 atom stereocenters. The highest BCUT2D eigenvalue weighted by molar-refractivity contribution is 5.85. The van der Waals surface area contributed by atoms with Gasteiger partial charge in [0.1, 0.15) is 6.04 Å². The van der Waals surface area contributed by atoms with Crippen LogP contribution in [0.3, 0.4) is 0 Å². The van der Waals surface area contributed by atoms with Gasteiger partial charge in [-0.15, -0.1) is 0 Å². The summed E-state index contributed by atoms with van der Waals surface area (Å²) in [6, 6.07) is -0.517. The van der Waals surface area contributed by atoms with Gasteiger partial charge in [-0.3, -0.25) is 4.79 Å². The minimum Gasteiger partial charge on any atom is -0.467 e. The predicted octanol–water partition coefficient (Wildman–Crippen LogP) is 1.94. The van der Waals surface area contributed by atoms with Crippen LogP contribution in [0.1, 0.15) is 45.4 Å². The third-order valence-electron chi connectivity index (χ3n) is 3.00. The van der Waals surface area contributed by atoms with Crippen molar-refractivity contribution in [2.24, 2.45) is 0 Å². The second-order valence-corrected chi connectivity index (χ2v) is 4.34. The summed E-state index contributed by atoms with van der Waals surface area (Å²) in [5, 5.41) is 2.71. The summed E-state index contributed by atoms with van der Waals surface area (Å²) in [5.74, 6) is -0.464. The molecule has 1 N–H and O–H groups in total. The Morgan fingerprint density at radius 1 is 1.47 bits per heavy atom. The van der Waals surface area contributed by atoms with E-state index in [1.807, 2.05) is 6.92 Å². The molecule has 0 saturated carbocycles. The van der Waals surface area contributed by atoms with Crippen LogP contribution in [0.4, 0.5) is 0 Å². The number of allylic oxidation sites excluding steroid dienone is 1. The minimum absolute atomic E-state index is 0.0876. The Balaban J connectivity index is 2.42. The molecule has 1 amide bonds. The molecule has 4 nitrogen and oxygen atoms in total. The zero-order valence-electron chi connectivity index (χ0n) is 10.6. The first-order valence-electron chi connectivity index (χ1n) is 6.22. The van der Waals surface area contributed by atoms with Crippen molar-refractivity contribution in [1.29, 1.82) is 0 Å². The standard InChI is InChI=1S/C13H21NO3/c1-3-11(13(16)17-2)14-12(15)9-10-7-5-4-6-8-10/h7,11H,3-6,8-9H2,1-2H3,(H,14,15)/t11-/m1/s1. The van der Waals surface area contributed by atoms with Crippen LogP contribution >= 0.6 is 0 Å². The van der Waals surface area contributed by atoms with Crippen molar-refractivity contribution in [3.8, 4) is 0 Å². The van der Waals surface area contributed by atoms with E-state index in [1.165, 1.54) is 19.1 Å². The predicted molar refractivity (Wildman–Crippen MR) is 65.4 cm³/mol. The fourth-order valence-electron chi connectivity index (χ4n) is 1.99. The Bertz CT molecular complexity index is 310. The van der Waals surface area contributed by atoms with Gasteiger partial charge in [0.2, 0.25) is 5.91 Å². The Labute approximate surface area is 102 Å². The number of ether oxygens (including phenoxy) is 1. The van der Waals surface area contributed by atoms with Crippen LogP contribution < -0.4 is 5.32 Å². The summed E-state index contributed by atoms with van der Waals surface area (Å²) in [5.41, 5.74) is 1.19. The molecule has 0 aromatic carbocycles. The van der Waals surface area contributed by atoms with Crippen molar-refractivity contribution < 1.29 is 14.3 Å². The van der Waals surface area contributed by atoms with E-state index in [4.69, 9.17) is 0 Å². The lowest BCUT2D eigenvalue weighted by atomic mass is 9.97. The quantitative estimate of drug-likeness (QED) is 0.589. The summed E-state index contributed by atoms with van der Waals surface area (Å²) in [6.07, 6.45) is 7.55. The Hall–Kier alpha value is -1.32.